The molecule has 0 unspecified atom stereocenters. The van der Waals surface area contributed by atoms with E-state index in [4.69, 9.17) is 4.74 Å². The molecule has 20 heavy (non-hydrogen) atoms. The maximum absolute atomic E-state index is 12.8. The van der Waals surface area contributed by atoms with E-state index >= 15 is 0 Å². The predicted octanol–water partition coefficient (Wildman–Crippen LogP) is 2.89. The van der Waals surface area contributed by atoms with Crippen LogP contribution >= 0.6 is 0 Å². The van der Waals surface area contributed by atoms with E-state index in [2.05, 4.69) is 0 Å². The van der Waals surface area contributed by atoms with E-state index < -0.39 is 10.0 Å². The van der Waals surface area contributed by atoms with Crippen LogP contribution in [-0.4, -0.2) is 19.5 Å². The van der Waals surface area contributed by atoms with Crippen LogP contribution in [0.2, 0.25) is 0 Å². The third-order valence-corrected chi connectivity index (χ3v) is 4.90. The standard InChI is InChI=1S/C15H13NO3S/c1-19-14-8-4-5-9-15(14)20(17,18)16-11-10-12-6-2-3-7-13(12)16/h2-11H,1H3. The van der Waals surface area contributed by atoms with Crippen molar-refractivity contribution < 1.29 is 13.2 Å². The minimum absolute atomic E-state index is 0.156. The summed E-state index contributed by atoms with van der Waals surface area (Å²) >= 11 is 0. The highest BCUT2D eigenvalue weighted by molar-refractivity contribution is 7.90. The molecule has 0 radical (unpaired) electrons. The topological polar surface area (TPSA) is 48.3 Å². The number of para-hydroxylation sites is 2. The molecule has 3 aromatic rings. The lowest BCUT2D eigenvalue weighted by Crippen LogP contribution is -2.12. The Balaban J connectivity index is 2.27. The number of benzene rings is 2. The van der Waals surface area contributed by atoms with Crippen LogP contribution in [0.5, 0.6) is 5.75 Å². The second-order valence-corrected chi connectivity index (χ2v) is 6.11. The van der Waals surface area contributed by atoms with Gasteiger partial charge in [0.15, 0.2) is 0 Å². The molecule has 0 saturated carbocycles. The van der Waals surface area contributed by atoms with Crippen LogP contribution < -0.4 is 4.74 Å². The summed E-state index contributed by atoms with van der Waals surface area (Å²) in [5.41, 5.74) is 0.651. The van der Waals surface area contributed by atoms with Gasteiger partial charge in [-0.05, 0) is 24.3 Å². The van der Waals surface area contributed by atoms with E-state index in [-0.39, 0.29) is 4.90 Å². The van der Waals surface area contributed by atoms with Gasteiger partial charge in [-0.3, -0.25) is 0 Å². The quantitative estimate of drug-likeness (QED) is 0.744. The molecule has 0 amide bonds. The molecule has 0 aliphatic rings. The fraction of sp³-hybridized carbons (Fsp3) is 0.0667. The minimum atomic E-state index is -3.67. The average Bonchev–Trinajstić information content (AvgIpc) is 2.92. The third kappa shape index (κ3) is 1.87. The Hall–Kier alpha value is -2.27. The molecule has 102 valence electrons. The van der Waals surface area contributed by atoms with Crippen LogP contribution in [-0.2, 0) is 10.0 Å². The molecular formula is C15H13NO3S. The predicted molar refractivity (Wildman–Crippen MR) is 77.5 cm³/mol. The van der Waals surface area contributed by atoms with Gasteiger partial charge in [-0.15, -0.1) is 0 Å². The van der Waals surface area contributed by atoms with E-state index in [9.17, 15) is 8.42 Å². The first-order valence-corrected chi connectivity index (χ1v) is 7.53. The number of ether oxygens (including phenoxy) is 1. The minimum Gasteiger partial charge on any atom is -0.495 e. The summed E-state index contributed by atoms with van der Waals surface area (Å²) in [4.78, 5) is 0.156. The molecule has 1 aromatic heterocycles. The highest BCUT2D eigenvalue weighted by Gasteiger charge is 2.22. The number of methoxy groups -OCH3 is 1. The molecule has 3 rings (SSSR count). The van der Waals surface area contributed by atoms with Crippen molar-refractivity contribution in [3.63, 3.8) is 0 Å². The zero-order chi connectivity index (χ0) is 14.2. The van der Waals surface area contributed by atoms with Crippen LogP contribution in [0.15, 0.2) is 65.7 Å². The van der Waals surface area contributed by atoms with Crippen LogP contribution in [0.4, 0.5) is 0 Å². The van der Waals surface area contributed by atoms with Gasteiger partial charge in [0.2, 0.25) is 0 Å². The maximum Gasteiger partial charge on any atom is 0.271 e. The highest BCUT2D eigenvalue weighted by atomic mass is 32.2. The molecule has 0 spiro atoms. The average molecular weight is 287 g/mol. The molecule has 0 bridgehead atoms. The Bertz CT molecular complexity index is 865. The molecule has 0 aliphatic heterocycles. The molecule has 2 aromatic carbocycles. The zero-order valence-electron chi connectivity index (χ0n) is 10.9. The Morgan fingerprint density at radius 1 is 0.950 bits per heavy atom. The molecule has 0 saturated heterocycles. The lowest BCUT2D eigenvalue weighted by molar-refractivity contribution is 0.402. The van der Waals surface area contributed by atoms with E-state index in [1.807, 2.05) is 18.2 Å². The van der Waals surface area contributed by atoms with Crippen LogP contribution in [0.1, 0.15) is 0 Å². The van der Waals surface area contributed by atoms with Crippen LogP contribution in [0.3, 0.4) is 0 Å². The summed E-state index contributed by atoms with van der Waals surface area (Å²) in [6.45, 7) is 0. The number of aromatic nitrogens is 1. The Kier molecular flexibility index (Phi) is 2.99. The number of hydrogen-bond acceptors (Lipinski definition) is 3. The van der Waals surface area contributed by atoms with Crippen molar-refractivity contribution in [1.29, 1.82) is 0 Å². The summed E-state index contributed by atoms with van der Waals surface area (Å²) in [5.74, 6) is 0.338. The molecule has 0 aliphatic carbocycles. The second kappa shape index (κ2) is 4.68. The molecule has 0 N–H and O–H groups in total. The van der Waals surface area contributed by atoms with Crippen LogP contribution in [0, 0.1) is 0 Å². The fourth-order valence-corrected chi connectivity index (χ4v) is 3.72. The van der Waals surface area contributed by atoms with Crippen molar-refractivity contribution in [3.8, 4) is 5.75 Å². The fourth-order valence-electron chi connectivity index (χ4n) is 2.20. The third-order valence-electron chi connectivity index (χ3n) is 3.17. The summed E-state index contributed by atoms with van der Waals surface area (Å²) in [6, 6.07) is 15.7. The smallest absolute Gasteiger partial charge is 0.271 e. The molecule has 0 atom stereocenters. The van der Waals surface area contributed by atoms with Crippen molar-refractivity contribution in [1.82, 2.24) is 3.97 Å². The Labute approximate surface area is 117 Å². The van der Waals surface area contributed by atoms with E-state index in [1.54, 1.807) is 42.6 Å². The number of fused-ring (bicyclic) bond motifs is 1. The van der Waals surface area contributed by atoms with Gasteiger partial charge in [-0.25, -0.2) is 12.4 Å². The van der Waals surface area contributed by atoms with Gasteiger partial charge < -0.3 is 4.74 Å². The largest absolute Gasteiger partial charge is 0.495 e. The summed E-state index contributed by atoms with van der Waals surface area (Å²) in [6.07, 6.45) is 1.56. The van der Waals surface area contributed by atoms with Gasteiger partial charge >= 0.3 is 0 Å². The van der Waals surface area contributed by atoms with Crippen LogP contribution in [0.25, 0.3) is 10.9 Å². The lowest BCUT2D eigenvalue weighted by atomic mass is 10.3. The van der Waals surface area contributed by atoms with Gasteiger partial charge in [-0.1, -0.05) is 30.3 Å². The van der Waals surface area contributed by atoms with Gasteiger partial charge in [0.1, 0.15) is 10.6 Å². The first-order chi connectivity index (χ1) is 9.64. The van der Waals surface area contributed by atoms with E-state index in [1.165, 1.54) is 11.1 Å². The van der Waals surface area contributed by atoms with Gasteiger partial charge in [0.05, 0.1) is 12.6 Å². The van der Waals surface area contributed by atoms with E-state index in [0.29, 0.717) is 11.3 Å². The Morgan fingerprint density at radius 3 is 2.45 bits per heavy atom. The number of nitrogens with zero attached hydrogens (tertiary/aromatic N) is 1. The monoisotopic (exact) mass is 287 g/mol. The summed E-state index contributed by atoms with van der Waals surface area (Å²) < 4.78 is 32.0. The van der Waals surface area contributed by atoms with Crippen molar-refractivity contribution in [2.24, 2.45) is 0 Å². The Morgan fingerprint density at radius 2 is 1.65 bits per heavy atom. The molecule has 0 fully saturated rings. The molecule has 4 nitrogen and oxygen atoms in total. The first-order valence-electron chi connectivity index (χ1n) is 6.09. The van der Waals surface area contributed by atoms with E-state index in [0.717, 1.165) is 5.39 Å². The molecule has 5 heteroatoms. The summed E-state index contributed by atoms with van der Waals surface area (Å²) in [5, 5.41) is 0.881. The SMILES string of the molecule is COc1ccccc1S(=O)(=O)n1ccc2ccccc21. The number of hydrogen-bond donors (Lipinski definition) is 0. The number of rotatable bonds is 3. The second-order valence-electron chi connectivity index (χ2n) is 4.33. The normalized spacial score (nSPS) is 11.7. The molecular weight excluding hydrogens is 274 g/mol. The summed E-state index contributed by atoms with van der Waals surface area (Å²) in [7, 11) is -2.21. The maximum atomic E-state index is 12.8. The van der Waals surface area contributed by atoms with Crippen molar-refractivity contribution >= 4 is 20.9 Å². The first kappa shape index (κ1) is 12.7. The van der Waals surface area contributed by atoms with Crippen molar-refractivity contribution in [2.75, 3.05) is 7.11 Å². The van der Waals surface area contributed by atoms with Crippen molar-refractivity contribution in [3.05, 3.63) is 60.8 Å². The van der Waals surface area contributed by atoms with Gasteiger partial charge in [0.25, 0.3) is 10.0 Å². The lowest BCUT2D eigenvalue weighted by Gasteiger charge is -2.11. The molecule has 1 heterocycles. The highest BCUT2D eigenvalue weighted by Crippen LogP contribution is 2.28. The van der Waals surface area contributed by atoms with Gasteiger partial charge in [0, 0.05) is 11.6 Å². The van der Waals surface area contributed by atoms with Gasteiger partial charge in [-0.2, -0.15) is 0 Å². The zero-order valence-corrected chi connectivity index (χ0v) is 11.7. The van der Waals surface area contributed by atoms with Crippen molar-refractivity contribution in [2.45, 2.75) is 4.90 Å².